The molecular weight excluding hydrogens is 235 g/mol. The number of nitrogens with one attached hydrogen (secondary N) is 1. The molecule has 4 nitrogen and oxygen atoms in total. The van der Waals surface area contributed by atoms with Gasteiger partial charge in [0.15, 0.2) is 0 Å². The number of nitrogens with two attached hydrogens (primary N) is 1. The van der Waals surface area contributed by atoms with Crippen molar-refractivity contribution in [2.75, 3.05) is 0 Å². The highest BCUT2D eigenvalue weighted by molar-refractivity contribution is 5.97. The van der Waals surface area contributed by atoms with Crippen LogP contribution in [0.5, 0.6) is 0 Å². The van der Waals surface area contributed by atoms with Crippen LogP contribution < -0.4 is 11.1 Å². The number of primary amides is 1. The Hall–Kier alpha value is -1.91. The van der Waals surface area contributed by atoms with E-state index in [1.807, 2.05) is 13.8 Å². The van der Waals surface area contributed by atoms with Crippen molar-refractivity contribution in [1.82, 2.24) is 5.32 Å². The molecule has 0 fully saturated rings. The summed E-state index contributed by atoms with van der Waals surface area (Å²) in [6.45, 7) is 3.82. The summed E-state index contributed by atoms with van der Waals surface area (Å²) in [5, 5.41) is 2.45. The number of halogens is 1. The van der Waals surface area contributed by atoms with Crippen molar-refractivity contribution < 1.29 is 14.0 Å². The molecule has 0 spiro atoms. The Labute approximate surface area is 105 Å². The SMILES string of the molecule is CC(C)C[C@H](NC(=O)c1ccccc1F)C(N)=O. The molecule has 0 radical (unpaired) electrons. The molecule has 0 aliphatic rings. The molecule has 0 aromatic heterocycles. The van der Waals surface area contributed by atoms with Gasteiger partial charge in [0.25, 0.3) is 5.91 Å². The van der Waals surface area contributed by atoms with Crippen LogP contribution in [0.15, 0.2) is 24.3 Å². The summed E-state index contributed by atoms with van der Waals surface area (Å²) in [5.41, 5.74) is 5.11. The standard InChI is InChI=1S/C13H17FN2O2/c1-8(2)7-11(12(15)17)16-13(18)9-5-3-4-6-10(9)14/h3-6,8,11H,7H2,1-2H3,(H2,15,17)(H,16,18)/t11-/m0/s1. The average molecular weight is 252 g/mol. The van der Waals surface area contributed by atoms with Crippen molar-refractivity contribution >= 4 is 11.8 Å². The summed E-state index contributed by atoms with van der Waals surface area (Å²) < 4.78 is 13.4. The van der Waals surface area contributed by atoms with Crippen LogP contribution in [0.1, 0.15) is 30.6 Å². The van der Waals surface area contributed by atoms with Crippen LogP contribution in [0.4, 0.5) is 4.39 Å². The Morgan fingerprint density at radius 2 is 1.94 bits per heavy atom. The molecule has 1 aromatic carbocycles. The zero-order valence-electron chi connectivity index (χ0n) is 10.4. The molecule has 0 aliphatic heterocycles. The van der Waals surface area contributed by atoms with Gasteiger partial charge in [0, 0.05) is 0 Å². The summed E-state index contributed by atoms with van der Waals surface area (Å²) in [7, 11) is 0. The lowest BCUT2D eigenvalue weighted by Crippen LogP contribution is -2.45. The van der Waals surface area contributed by atoms with Crippen LogP contribution in [0.2, 0.25) is 0 Å². The quantitative estimate of drug-likeness (QED) is 0.832. The molecule has 0 saturated carbocycles. The van der Waals surface area contributed by atoms with E-state index in [2.05, 4.69) is 5.32 Å². The van der Waals surface area contributed by atoms with Crippen LogP contribution in [0.25, 0.3) is 0 Å². The van der Waals surface area contributed by atoms with E-state index in [9.17, 15) is 14.0 Å². The minimum atomic E-state index is -0.780. The molecule has 3 N–H and O–H groups in total. The zero-order valence-corrected chi connectivity index (χ0v) is 10.4. The fourth-order valence-corrected chi connectivity index (χ4v) is 1.60. The first kappa shape index (κ1) is 14.2. The number of hydrogen-bond donors (Lipinski definition) is 2. The zero-order chi connectivity index (χ0) is 13.7. The second kappa shape index (κ2) is 6.14. The van der Waals surface area contributed by atoms with Gasteiger partial charge >= 0.3 is 0 Å². The summed E-state index contributed by atoms with van der Waals surface area (Å²) >= 11 is 0. The van der Waals surface area contributed by atoms with Gasteiger partial charge in [-0.2, -0.15) is 0 Å². The van der Waals surface area contributed by atoms with Gasteiger partial charge in [0.05, 0.1) is 5.56 Å². The lowest BCUT2D eigenvalue weighted by atomic mass is 10.0. The minimum Gasteiger partial charge on any atom is -0.368 e. The maximum absolute atomic E-state index is 13.4. The highest BCUT2D eigenvalue weighted by Crippen LogP contribution is 2.09. The van der Waals surface area contributed by atoms with Crippen molar-refractivity contribution in [3.8, 4) is 0 Å². The smallest absolute Gasteiger partial charge is 0.254 e. The van der Waals surface area contributed by atoms with E-state index in [-0.39, 0.29) is 11.5 Å². The van der Waals surface area contributed by atoms with Crippen molar-refractivity contribution in [3.63, 3.8) is 0 Å². The van der Waals surface area contributed by atoms with E-state index in [1.165, 1.54) is 18.2 Å². The Bertz CT molecular complexity index is 446. The Kier molecular flexibility index (Phi) is 4.83. The van der Waals surface area contributed by atoms with Crippen LogP contribution in [0, 0.1) is 11.7 Å². The van der Waals surface area contributed by atoms with E-state index in [4.69, 9.17) is 5.73 Å². The first-order valence-electron chi connectivity index (χ1n) is 5.76. The van der Waals surface area contributed by atoms with Gasteiger partial charge in [-0.05, 0) is 24.5 Å². The number of amides is 2. The van der Waals surface area contributed by atoms with E-state index in [0.29, 0.717) is 6.42 Å². The van der Waals surface area contributed by atoms with E-state index >= 15 is 0 Å². The summed E-state index contributed by atoms with van der Waals surface area (Å²) in [6, 6.07) is 4.82. The van der Waals surface area contributed by atoms with Crippen molar-refractivity contribution in [2.24, 2.45) is 11.7 Å². The molecule has 1 aromatic rings. The Balaban J connectivity index is 2.79. The van der Waals surface area contributed by atoms with E-state index < -0.39 is 23.7 Å². The van der Waals surface area contributed by atoms with Crippen LogP contribution in [0.3, 0.4) is 0 Å². The fraction of sp³-hybridized carbons (Fsp3) is 0.385. The van der Waals surface area contributed by atoms with Crippen molar-refractivity contribution in [3.05, 3.63) is 35.6 Å². The molecule has 0 bridgehead atoms. The van der Waals surface area contributed by atoms with Crippen LogP contribution >= 0.6 is 0 Å². The lowest BCUT2D eigenvalue weighted by Gasteiger charge is -2.17. The van der Waals surface area contributed by atoms with Crippen molar-refractivity contribution in [2.45, 2.75) is 26.3 Å². The third-order valence-electron chi connectivity index (χ3n) is 2.47. The lowest BCUT2D eigenvalue weighted by molar-refractivity contribution is -0.120. The summed E-state index contributed by atoms with van der Waals surface area (Å²) in [4.78, 5) is 23.0. The molecule has 1 rings (SSSR count). The predicted octanol–water partition coefficient (Wildman–Crippen LogP) is 1.46. The molecule has 0 unspecified atom stereocenters. The number of carbonyl (C=O) groups excluding carboxylic acids is 2. The molecule has 0 heterocycles. The molecule has 0 saturated heterocycles. The Morgan fingerprint density at radius 1 is 1.33 bits per heavy atom. The van der Waals surface area contributed by atoms with Gasteiger partial charge in [0.2, 0.25) is 5.91 Å². The molecule has 1 atom stereocenters. The molecule has 5 heteroatoms. The van der Waals surface area contributed by atoms with Gasteiger partial charge in [-0.3, -0.25) is 9.59 Å². The van der Waals surface area contributed by atoms with Crippen LogP contribution in [-0.2, 0) is 4.79 Å². The average Bonchev–Trinajstić information content (AvgIpc) is 2.27. The maximum Gasteiger partial charge on any atom is 0.254 e. The van der Waals surface area contributed by atoms with Crippen LogP contribution in [-0.4, -0.2) is 17.9 Å². The molecule has 98 valence electrons. The van der Waals surface area contributed by atoms with Gasteiger partial charge in [-0.15, -0.1) is 0 Å². The van der Waals surface area contributed by atoms with Gasteiger partial charge in [-0.1, -0.05) is 26.0 Å². The highest BCUT2D eigenvalue weighted by Gasteiger charge is 2.21. The molecular formula is C13H17FN2O2. The minimum absolute atomic E-state index is 0.0903. The number of carbonyl (C=O) groups is 2. The third-order valence-corrected chi connectivity index (χ3v) is 2.47. The number of benzene rings is 1. The molecule has 2 amide bonds. The second-order valence-corrected chi connectivity index (χ2v) is 4.54. The van der Waals surface area contributed by atoms with Gasteiger partial charge < -0.3 is 11.1 Å². The number of rotatable bonds is 5. The molecule has 18 heavy (non-hydrogen) atoms. The predicted molar refractivity (Wildman–Crippen MR) is 66.3 cm³/mol. The molecule has 0 aliphatic carbocycles. The summed E-state index contributed by atoms with van der Waals surface area (Å²) in [5.74, 6) is -1.67. The van der Waals surface area contributed by atoms with E-state index in [0.717, 1.165) is 0 Å². The Morgan fingerprint density at radius 3 is 2.44 bits per heavy atom. The fourth-order valence-electron chi connectivity index (χ4n) is 1.60. The van der Waals surface area contributed by atoms with Gasteiger partial charge in [0.1, 0.15) is 11.9 Å². The maximum atomic E-state index is 13.4. The monoisotopic (exact) mass is 252 g/mol. The second-order valence-electron chi connectivity index (χ2n) is 4.54. The third kappa shape index (κ3) is 3.84. The first-order valence-corrected chi connectivity index (χ1v) is 5.76. The summed E-state index contributed by atoms with van der Waals surface area (Å²) in [6.07, 6.45) is 0.426. The van der Waals surface area contributed by atoms with Gasteiger partial charge in [-0.25, -0.2) is 4.39 Å². The topological polar surface area (TPSA) is 72.2 Å². The van der Waals surface area contributed by atoms with E-state index in [1.54, 1.807) is 6.07 Å². The van der Waals surface area contributed by atoms with Crippen molar-refractivity contribution in [1.29, 1.82) is 0 Å². The highest BCUT2D eigenvalue weighted by atomic mass is 19.1. The number of hydrogen-bond acceptors (Lipinski definition) is 2. The normalized spacial score (nSPS) is 12.2. The largest absolute Gasteiger partial charge is 0.368 e. The first-order chi connectivity index (χ1) is 8.41.